The first-order valence-electron chi connectivity index (χ1n) is 9.78. The molecular weight excluding hydrogens is 338 g/mol. The number of ketones is 2. The molecule has 0 saturated heterocycles. The lowest BCUT2D eigenvalue weighted by atomic mass is 9.48. The van der Waals surface area contributed by atoms with Crippen LogP contribution in [0.15, 0.2) is 10.7 Å². The van der Waals surface area contributed by atoms with Gasteiger partial charge < -0.3 is 10.0 Å². The summed E-state index contributed by atoms with van der Waals surface area (Å²) in [4.78, 5) is 27.6. The lowest BCUT2D eigenvalue weighted by molar-refractivity contribution is -0.154. The number of Topliss-reactive ketones (excluding diaryl/α,β-unsaturated/α-hetero) is 2. The zero-order valence-electron chi connectivity index (χ0n) is 15.2. The fourth-order valence-electron chi connectivity index (χ4n) is 6.49. The minimum Gasteiger partial charge on any atom is -0.375 e. The predicted molar refractivity (Wildman–Crippen MR) is 96.0 cm³/mol. The summed E-state index contributed by atoms with van der Waals surface area (Å²) < 4.78 is 0. The molecule has 4 saturated carbocycles. The van der Waals surface area contributed by atoms with Crippen molar-refractivity contribution in [2.75, 3.05) is 13.1 Å². The van der Waals surface area contributed by atoms with Gasteiger partial charge in [0.25, 0.3) is 0 Å². The molecule has 5 rings (SSSR count). The smallest absolute Gasteiger partial charge is 0.214 e. The van der Waals surface area contributed by atoms with Crippen molar-refractivity contribution in [3.63, 3.8) is 0 Å². The van der Waals surface area contributed by atoms with Crippen LogP contribution in [0.3, 0.4) is 0 Å². The number of aliphatic hydroxyl groups is 1. The van der Waals surface area contributed by atoms with Gasteiger partial charge in [0.15, 0.2) is 5.60 Å². The highest BCUT2D eigenvalue weighted by Crippen LogP contribution is 2.61. The van der Waals surface area contributed by atoms with Gasteiger partial charge in [-0.1, -0.05) is 11.6 Å². The Morgan fingerprint density at radius 1 is 1.12 bits per heavy atom. The van der Waals surface area contributed by atoms with Crippen molar-refractivity contribution in [3.05, 3.63) is 10.7 Å². The summed E-state index contributed by atoms with van der Waals surface area (Å²) in [6.07, 6.45) is 6.59. The molecule has 1 atom stereocenters. The predicted octanol–water partition coefficient (Wildman–Crippen LogP) is 3.27. The summed E-state index contributed by atoms with van der Waals surface area (Å²) in [7, 11) is 0. The molecule has 0 aromatic carbocycles. The third kappa shape index (κ3) is 2.43. The van der Waals surface area contributed by atoms with E-state index >= 15 is 0 Å². The van der Waals surface area contributed by atoms with Gasteiger partial charge in [0, 0.05) is 24.9 Å². The lowest BCUT2D eigenvalue weighted by Gasteiger charge is -2.56. The maximum absolute atomic E-state index is 13.3. The standard InChI is InChI=1S/C20H28ClNO3/c1-3-22(4-2)17-16(21)18(24)20(17,25)11-15(23)19-8-12-5-13(9-19)7-14(6-12)10-19/h12-14,25H,3-11H2,1-2H3. The molecule has 5 aliphatic carbocycles. The molecule has 4 bridgehead atoms. The van der Waals surface area contributed by atoms with Crippen molar-refractivity contribution in [1.29, 1.82) is 0 Å². The van der Waals surface area contributed by atoms with Gasteiger partial charge in [0.1, 0.15) is 10.8 Å². The van der Waals surface area contributed by atoms with Crippen molar-refractivity contribution >= 4 is 23.2 Å². The minimum atomic E-state index is -1.70. The average molecular weight is 366 g/mol. The number of rotatable bonds is 6. The van der Waals surface area contributed by atoms with Gasteiger partial charge in [-0.05, 0) is 70.1 Å². The van der Waals surface area contributed by atoms with Crippen LogP contribution < -0.4 is 0 Å². The van der Waals surface area contributed by atoms with E-state index in [-0.39, 0.29) is 22.7 Å². The number of likely N-dealkylation sites (N-methyl/N-ethyl adjacent to an activating group) is 1. The molecule has 5 heteroatoms. The molecule has 4 fully saturated rings. The first-order chi connectivity index (χ1) is 11.8. The Bertz CT molecular complexity index is 616. The van der Waals surface area contributed by atoms with Gasteiger partial charge in [-0.2, -0.15) is 0 Å². The van der Waals surface area contributed by atoms with E-state index in [1.54, 1.807) is 0 Å². The molecule has 1 unspecified atom stereocenters. The van der Waals surface area contributed by atoms with Crippen LogP contribution in [0, 0.1) is 23.2 Å². The van der Waals surface area contributed by atoms with E-state index < -0.39 is 11.4 Å². The summed E-state index contributed by atoms with van der Waals surface area (Å²) >= 11 is 6.12. The highest BCUT2D eigenvalue weighted by molar-refractivity contribution is 6.48. The van der Waals surface area contributed by atoms with Crippen LogP contribution in [0.1, 0.15) is 58.8 Å². The molecule has 25 heavy (non-hydrogen) atoms. The molecule has 1 N–H and O–H groups in total. The van der Waals surface area contributed by atoms with Gasteiger partial charge in [-0.25, -0.2) is 0 Å². The molecular formula is C20H28ClNO3. The zero-order chi connectivity index (χ0) is 18.0. The van der Waals surface area contributed by atoms with Gasteiger partial charge >= 0.3 is 0 Å². The molecule has 0 heterocycles. The van der Waals surface area contributed by atoms with Crippen LogP contribution in [0.4, 0.5) is 0 Å². The number of carbonyl (C=O) groups excluding carboxylic acids is 2. The molecule has 0 spiro atoms. The van der Waals surface area contributed by atoms with Crippen LogP contribution in [0.5, 0.6) is 0 Å². The van der Waals surface area contributed by atoms with E-state index in [9.17, 15) is 14.7 Å². The third-order valence-corrected chi connectivity index (χ3v) is 7.65. The van der Waals surface area contributed by atoms with E-state index in [4.69, 9.17) is 11.6 Å². The largest absolute Gasteiger partial charge is 0.375 e. The second-order valence-corrected chi connectivity index (χ2v) is 9.20. The second kappa shape index (κ2) is 5.82. The monoisotopic (exact) mass is 365 g/mol. The fourth-order valence-corrected chi connectivity index (χ4v) is 6.92. The Morgan fingerprint density at radius 2 is 1.60 bits per heavy atom. The average Bonchev–Trinajstić information content (AvgIpc) is 2.57. The molecule has 0 aromatic heterocycles. The topological polar surface area (TPSA) is 57.6 Å². The van der Waals surface area contributed by atoms with Crippen molar-refractivity contribution in [2.24, 2.45) is 23.2 Å². The summed E-state index contributed by atoms with van der Waals surface area (Å²) in [6.45, 7) is 5.24. The summed E-state index contributed by atoms with van der Waals surface area (Å²) in [6, 6.07) is 0. The van der Waals surface area contributed by atoms with Crippen molar-refractivity contribution in [1.82, 2.24) is 4.90 Å². The number of hydrogen-bond acceptors (Lipinski definition) is 4. The van der Waals surface area contributed by atoms with E-state index in [1.807, 2.05) is 18.7 Å². The Balaban J connectivity index is 1.58. The Morgan fingerprint density at radius 3 is 2.04 bits per heavy atom. The number of carbonyl (C=O) groups is 2. The van der Waals surface area contributed by atoms with Crippen LogP contribution in [0.25, 0.3) is 0 Å². The second-order valence-electron chi connectivity index (χ2n) is 8.82. The van der Waals surface area contributed by atoms with E-state index in [2.05, 4.69) is 0 Å². The zero-order valence-corrected chi connectivity index (χ0v) is 15.9. The molecule has 0 amide bonds. The summed E-state index contributed by atoms with van der Waals surface area (Å²) in [5.74, 6) is 1.63. The number of hydrogen-bond donors (Lipinski definition) is 1. The lowest BCUT2D eigenvalue weighted by Crippen LogP contribution is -2.59. The van der Waals surface area contributed by atoms with Crippen LogP contribution in [-0.4, -0.2) is 40.3 Å². The summed E-state index contributed by atoms with van der Waals surface area (Å²) in [5.41, 5.74) is -1.53. The fraction of sp³-hybridized carbons (Fsp3) is 0.800. The summed E-state index contributed by atoms with van der Waals surface area (Å²) in [5, 5.41) is 11.2. The third-order valence-electron chi connectivity index (χ3n) is 7.30. The van der Waals surface area contributed by atoms with Crippen LogP contribution in [-0.2, 0) is 9.59 Å². The van der Waals surface area contributed by atoms with E-state index in [0.717, 1.165) is 19.3 Å². The normalized spacial score (nSPS) is 41.9. The number of halogens is 1. The molecule has 0 radical (unpaired) electrons. The van der Waals surface area contributed by atoms with E-state index in [0.29, 0.717) is 36.5 Å². The van der Waals surface area contributed by atoms with Crippen molar-refractivity contribution in [2.45, 2.75) is 64.4 Å². The highest BCUT2D eigenvalue weighted by atomic mass is 35.5. The van der Waals surface area contributed by atoms with Gasteiger partial charge in [0.2, 0.25) is 5.78 Å². The first kappa shape index (κ1) is 17.5. The highest BCUT2D eigenvalue weighted by Gasteiger charge is 2.60. The van der Waals surface area contributed by atoms with Gasteiger partial charge in [-0.3, -0.25) is 9.59 Å². The Kier molecular flexibility index (Phi) is 4.08. The Labute approximate surface area is 154 Å². The molecule has 0 aromatic rings. The molecule has 4 nitrogen and oxygen atoms in total. The van der Waals surface area contributed by atoms with Crippen LogP contribution >= 0.6 is 11.6 Å². The molecule has 5 aliphatic rings. The maximum atomic E-state index is 13.3. The molecule has 138 valence electrons. The van der Waals surface area contributed by atoms with Crippen molar-refractivity contribution < 1.29 is 14.7 Å². The quantitative estimate of drug-likeness (QED) is 0.784. The Hall–Kier alpha value is -0.870. The van der Waals surface area contributed by atoms with Crippen molar-refractivity contribution in [3.8, 4) is 0 Å². The minimum absolute atomic E-state index is 0.0938. The van der Waals surface area contributed by atoms with E-state index in [1.165, 1.54) is 19.3 Å². The number of nitrogens with zero attached hydrogens (tertiary/aromatic N) is 1. The van der Waals surface area contributed by atoms with Gasteiger partial charge in [-0.15, -0.1) is 0 Å². The van der Waals surface area contributed by atoms with Crippen LogP contribution in [0.2, 0.25) is 0 Å². The SMILES string of the molecule is CCN(CC)C1=C(Cl)C(=O)C1(O)CC(=O)C12CC3CC(CC(C3)C1)C2. The first-order valence-corrected chi connectivity index (χ1v) is 10.2. The van der Waals surface area contributed by atoms with Gasteiger partial charge in [0.05, 0.1) is 5.70 Å². The molecule has 0 aliphatic heterocycles. The maximum Gasteiger partial charge on any atom is 0.214 e.